The molecule has 0 saturated heterocycles. The minimum atomic E-state index is 0.515. The molecule has 0 aliphatic rings. The molecule has 0 aliphatic carbocycles. The topological polar surface area (TPSA) is 23.8 Å². The molecule has 0 amide bonds. The Morgan fingerprint density at radius 1 is 0.875 bits per heavy atom. The van der Waals surface area contributed by atoms with Crippen LogP contribution in [0.4, 0.5) is 0 Å². The van der Waals surface area contributed by atoms with Crippen molar-refractivity contribution in [1.82, 2.24) is 0 Å². The van der Waals surface area contributed by atoms with Gasteiger partial charge in [0.1, 0.15) is 0 Å². The highest BCUT2D eigenvalue weighted by atomic mass is 35.5. The third kappa shape index (κ3) is 2.19. The predicted molar refractivity (Wildman–Crippen MR) is 66.6 cm³/mol. The number of hydrogen-bond acceptors (Lipinski definition) is 1. The lowest BCUT2D eigenvalue weighted by Gasteiger charge is -2.03. The van der Waals surface area contributed by atoms with E-state index in [0.29, 0.717) is 15.6 Å². The fourth-order valence-electron chi connectivity index (χ4n) is 1.44. The lowest BCUT2D eigenvalue weighted by atomic mass is 10.0. The van der Waals surface area contributed by atoms with Crippen LogP contribution < -0.4 is 0 Å². The van der Waals surface area contributed by atoms with E-state index in [9.17, 15) is 0 Å². The molecule has 0 aromatic heterocycles. The Morgan fingerprint density at radius 2 is 1.62 bits per heavy atom. The van der Waals surface area contributed by atoms with E-state index in [2.05, 4.69) is 6.07 Å². The van der Waals surface area contributed by atoms with Crippen LogP contribution in [0.3, 0.4) is 0 Å². The van der Waals surface area contributed by atoms with Crippen LogP contribution in [0.1, 0.15) is 5.56 Å². The van der Waals surface area contributed by atoms with Gasteiger partial charge in [-0.25, -0.2) is 0 Å². The minimum absolute atomic E-state index is 0.515. The quantitative estimate of drug-likeness (QED) is 0.727. The first-order valence-electron chi connectivity index (χ1n) is 4.66. The molecule has 3 heteroatoms. The van der Waals surface area contributed by atoms with Crippen molar-refractivity contribution >= 4 is 23.2 Å². The van der Waals surface area contributed by atoms with Crippen molar-refractivity contribution in [2.24, 2.45) is 0 Å². The summed E-state index contributed by atoms with van der Waals surface area (Å²) in [5.74, 6) is 0. The fraction of sp³-hybridized carbons (Fsp3) is 0. The molecule has 0 aliphatic heterocycles. The highest BCUT2D eigenvalue weighted by Gasteiger charge is 2.02. The molecule has 2 aromatic carbocycles. The van der Waals surface area contributed by atoms with Crippen LogP contribution in [0, 0.1) is 11.3 Å². The molecular formula is C13H7Cl2N. The third-order valence-corrected chi connectivity index (χ3v) is 2.98. The molecule has 0 spiro atoms. The second-order valence-corrected chi connectivity index (χ2v) is 4.14. The summed E-state index contributed by atoms with van der Waals surface area (Å²) < 4.78 is 0. The van der Waals surface area contributed by atoms with Gasteiger partial charge in [-0.2, -0.15) is 5.26 Å². The van der Waals surface area contributed by atoms with E-state index < -0.39 is 0 Å². The molecule has 0 saturated carbocycles. The van der Waals surface area contributed by atoms with Crippen LogP contribution in [0.2, 0.25) is 10.0 Å². The lowest BCUT2D eigenvalue weighted by molar-refractivity contribution is 1.48. The summed E-state index contributed by atoms with van der Waals surface area (Å²) in [4.78, 5) is 0. The molecule has 1 nitrogen and oxygen atoms in total. The fourth-order valence-corrected chi connectivity index (χ4v) is 1.74. The SMILES string of the molecule is N#Cc1cccc(-c2ccc(Cl)c(Cl)c2)c1. The average Bonchev–Trinajstić information content (AvgIpc) is 2.33. The minimum Gasteiger partial charge on any atom is -0.192 e. The van der Waals surface area contributed by atoms with Crippen LogP contribution >= 0.6 is 23.2 Å². The number of nitrogens with zero attached hydrogens (tertiary/aromatic N) is 1. The molecule has 2 aromatic rings. The van der Waals surface area contributed by atoms with Gasteiger partial charge < -0.3 is 0 Å². The smallest absolute Gasteiger partial charge is 0.0991 e. The van der Waals surface area contributed by atoms with E-state index in [1.165, 1.54) is 0 Å². The van der Waals surface area contributed by atoms with Gasteiger partial charge in [-0.15, -0.1) is 0 Å². The van der Waals surface area contributed by atoms with Crippen LogP contribution in [0.15, 0.2) is 42.5 Å². The first kappa shape index (κ1) is 11.0. The second-order valence-electron chi connectivity index (χ2n) is 3.32. The monoisotopic (exact) mass is 247 g/mol. The Bertz CT molecular complexity index is 570. The Morgan fingerprint density at radius 3 is 2.31 bits per heavy atom. The van der Waals surface area contributed by atoms with E-state index in [-0.39, 0.29) is 0 Å². The first-order valence-corrected chi connectivity index (χ1v) is 5.42. The number of nitriles is 1. The Hall–Kier alpha value is -1.49. The van der Waals surface area contributed by atoms with Gasteiger partial charge in [0.2, 0.25) is 0 Å². The molecule has 0 unspecified atom stereocenters. The lowest BCUT2D eigenvalue weighted by Crippen LogP contribution is -1.80. The number of halogens is 2. The van der Waals surface area contributed by atoms with E-state index in [1.54, 1.807) is 18.2 Å². The summed E-state index contributed by atoms with van der Waals surface area (Å²) in [5, 5.41) is 9.86. The third-order valence-electron chi connectivity index (χ3n) is 2.24. The zero-order valence-electron chi connectivity index (χ0n) is 8.24. The Labute approximate surface area is 104 Å². The Balaban J connectivity index is 2.51. The van der Waals surface area contributed by atoms with Crippen molar-refractivity contribution in [2.45, 2.75) is 0 Å². The molecule has 0 bridgehead atoms. The van der Waals surface area contributed by atoms with E-state index in [4.69, 9.17) is 28.5 Å². The summed E-state index contributed by atoms with van der Waals surface area (Å²) in [7, 11) is 0. The van der Waals surface area contributed by atoms with Crippen LogP contribution in [-0.4, -0.2) is 0 Å². The molecule has 0 radical (unpaired) electrons. The van der Waals surface area contributed by atoms with Crippen molar-refractivity contribution in [1.29, 1.82) is 5.26 Å². The molecule has 2 rings (SSSR count). The molecular weight excluding hydrogens is 241 g/mol. The number of hydrogen-bond donors (Lipinski definition) is 0. The van der Waals surface area contributed by atoms with Crippen LogP contribution in [0.5, 0.6) is 0 Å². The summed E-state index contributed by atoms with van der Waals surface area (Å²) in [5.41, 5.74) is 2.53. The van der Waals surface area contributed by atoms with Gasteiger partial charge in [0.15, 0.2) is 0 Å². The van der Waals surface area contributed by atoms with Crippen molar-refractivity contribution in [2.75, 3.05) is 0 Å². The molecule has 0 heterocycles. The van der Waals surface area contributed by atoms with E-state index >= 15 is 0 Å². The number of rotatable bonds is 1. The molecule has 0 N–H and O–H groups in total. The molecule has 0 fully saturated rings. The van der Waals surface area contributed by atoms with Gasteiger partial charge >= 0.3 is 0 Å². The average molecular weight is 248 g/mol. The van der Waals surface area contributed by atoms with E-state index in [0.717, 1.165) is 11.1 Å². The zero-order valence-corrected chi connectivity index (χ0v) is 9.76. The Kier molecular flexibility index (Phi) is 3.14. The summed E-state index contributed by atoms with van der Waals surface area (Å²) in [6, 6.07) is 14.9. The van der Waals surface area contributed by atoms with Crippen molar-refractivity contribution in [3.8, 4) is 17.2 Å². The number of benzene rings is 2. The molecule has 16 heavy (non-hydrogen) atoms. The van der Waals surface area contributed by atoms with Crippen LogP contribution in [0.25, 0.3) is 11.1 Å². The largest absolute Gasteiger partial charge is 0.192 e. The summed E-state index contributed by atoms with van der Waals surface area (Å²) in [6.07, 6.45) is 0. The maximum atomic E-state index is 8.81. The van der Waals surface area contributed by atoms with Gasteiger partial charge in [0.05, 0.1) is 21.7 Å². The van der Waals surface area contributed by atoms with Crippen molar-refractivity contribution in [3.05, 3.63) is 58.1 Å². The zero-order chi connectivity index (χ0) is 11.5. The first-order chi connectivity index (χ1) is 7.70. The maximum Gasteiger partial charge on any atom is 0.0991 e. The van der Waals surface area contributed by atoms with Gasteiger partial charge in [0.25, 0.3) is 0 Å². The van der Waals surface area contributed by atoms with Gasteiger partial charge in [-0.3, -0.25) is 0 Å². The van der Waals surface area contributed by atoms with Crippen molar-refractivity contribution in [3.63, 3.8) is 0 Å². The van der Waals surface area contributed by atoms with Gasteiger partial charge in [0, 0.05) is 0 Å². The van der Waals surface area contributed by atoms with E-state index in [1.807, 2.05) is 24.3 Å². The van der Waals surface area contributed by atoms with Gasteiger partial charge in [-0.1, -0.05) is 41.4 Å². The molecule has 78 valence electrons. The normalized spacial score (nSPS) is 9.81. The maximum absolute atomic E-state index is 8.81. The highest BCUT2D eigenvalue weighted by molar-refractivity contribution is 6.42. The predicted octanol–water partition coefficient (Wildman–Crippen LogP) is 4.53. The standard InChI is InChI=1S/C13H7Cl2N/c14-12-5-4-11(7-13(12)15)10-3-1-2-9(6-10)8-16/h1-7H. The van der Waals surface area contributed by atoms with Gasteiger partial charge in [-0.05, 0) is 35.4 Å². The second kappa shape index (κ2) is 4.57. The highest BCUT2D eigenvalue weighted by Crippen LogP contribution is 2.28. The summed E-state index contributed by atoms with van der Waals surface area (Å²) >= 11 is 11.8. The van der Waals surface area contributed by atoms with Crippen LogP contribution in [-0.2, 0) is 0 Å². The summed E-state index contributed by atoms with van der Waals surface area (Å²) in [6.45, 7) is 0. The van der Waals surface area contributed by atoms with Crippen molar-refractivity contribution < 1.29 is 0 Å². The molecule has 0 atom stereocenters.